The highest BCUT2D eigenvalue weighted by Gasteiger charge is 2.10. The van der Waals surface area contributed by atoms with Crippen LogP contribution in [0.15, 0.2) is 0 Å². The van der Waals surface area contributed by atoms with Crippen LogP contribution in [0.1, 0.15) is 46.0 Å². The standard InChI is InChI=1S/C14H31NO3/c1-4-6-8-13(7-5-2)15-11-14(16)12-18-10-9-17-3/h13-16H,4-12H2,1-3H3. The molecule has 0 spiro atoms. The number of unbranched alkanes of at least 4 members (excludes halogenated alkanes) is 1. The molecule has 2 N–H and O–H groups in total. The molecule has 0 saturated heterocycles. The number of rotatable bonds is 13. The highest BCUT2D eigenvalue weighted by molar-refractivity contribution is 4.69. The van der Waals surface area contributed by atoms with Gasteiger partial charge >= 0.3 is 0 Å². The van der Waals surface area contributed by atoms with Gasteiger partial charge in [-0.1, -0.05) is 33.1 Å². The molecular weight excluding hydrogens is 230 g/mol. The molecule has 0 aromatic heterocycles. The van der Waals surface area contributed by atoms with Crippen LogP contribution in [-0.4, -0.2) is 50.7 Å². The van der Waals surface area contributed by atoms with Gasteiger partial charge in [0, 0.05) is 19.7 Å². The molecule has 2 atom stereocenters. The quantitative estimate of drug-likeness (QED) is 0.498. The Hall–Kier alpha value is -0.160. The van der Waals surface area contributed by atoms with Gasteiger partial charge in [-0.15, -0.1) is 0 Å². The molecule has 4 nitrogen and oxygen atoms in total. The summed E-state index contributed by atoms with van der Waals surface area (Å²) < 4.78 is 10.2. The van der Waals surface area contributed by atoms with E-state index in [-0.39, 0.29) is 0 Å². The smallest absolute Gasteiger partial charge is 0.0897 e. The molecule has 0 rings (SSSR count). The third kappa shape index (κ3) is 11.0. The predicted molar refractivity (Wildman–Crippen MR) is 74.9 cm³/mol. The SMILES string of the molecule is CCCCC(CCC)NCC(O)COCCOC. The molecule has 110 valence electrons. The minimum absolute atomic E-state index is 0.378. The number of nitrogens with one attached hydrogen (secondary N) is 1. The molecule has 0 aliphatic carbocycles. The summed E-state index contributed by atoms with van der Waals surface area (Å²) in [6.07, 6.45) is 5.60. The zero-order chi connectivity index (χ0) is 13.6. The second-order valence-corrected chi connectivity index (χ2v) is 4.76. The number of hydrogen-bond acceptors (Lipinski definition) is 4. The lowest BCUT2D eigenvalue weighted by molar-refractivity contribution is 0.0127. The van der Waals surface area contributed by atoms with Gasteiger partial charge in [-0.3, -0.25) is 0 Å². The van der Waals surface area contributed by atoms with E-state index in [0.29, 0.717) is 32.4 Å². The second kappa shape index (κ2) is 13.3. The first-order valence-corrected chi connectivity index (χ1v) is 7.22. The van der Waals surface area contributed by atoms with Crippen molar-refractivity contribution >= 4 is 0 Å². The Kier molecular flexibility index (Phi) is 13.2. The van der Waals surface area contributed by atoms with Crippen LogP contribution in [-0.2, 0) is 9.47 Å². The molecule has 0 aromatic carbocycles. The molecule has 0 radical (unpaired) electrons. The second-order valence-electron chi connectivity index (χ2n) is 4.76. The molecule has 0 heterocycles. The molecule has 0 saturated carbocycles. The number of hydrogen-bond donors (Lipinski definition) is 2. The van der Waals surface area contributed by atoms with Crippen LogP contribution in [0.5, 0.6) is 0 Å². The van der Waals surface area contributed by atoms with Gasteiger partial charge in [0.1, 0.15) is 0 Å². The first kappa shape index (κ1) is 17.8. The van der Waals surface area contributed by atoms with Crippen molar-refractivity contribution in [3.05, 3.63) is 0 Å². The molecule has 0 fully saturated rings. The molecule has 0 amide bonds. The summed E-state index contributed by atoms with van der Waals surface area (Å²) in [5.74, 6) is 0. The van der Waals surface area contributed by atoms with Gasteiger partial charge in [-0.25, -0.2) is 0 Å². The van der Waals surface area contributed by atoms with Crippen LogP contribution < -0.4 is 5.32 Å². The minimum Gasteiger partial charge on any atom is -0.389 e. The molecule has 0 aromatic rings. The van der Waals surface area contributed by atoms with Gasteiger partial charge in [0.2, 0.25) is 0 Å². The average molecular weight is 261 g/mol. The molecular formula is C14H31NO3. The molecule has 2 unspecified atom stereocenters. The lowest BCUT2D eigenvalue weighted by atomic mass is 10.1. The summed E-state index contributed by atoms with van der Waals surface area (Å²) in [5, 5.41) is 13.2. The van der Waals surface area contributed by atoms with Gasteiger partial charge in [0.15, 0.2) is 0 Å². The van der Waals surface area contributed by atoms with E-state index in [4.69, 9.17) is 9.47 Å². The summed E-state index contributed by atoms with van der Waals surface area (Å²) in [5.41, 5.74) is 0. The van der Waals surface area contributed by atoms with Crippen LogP contribution in [0.3, 0.4) is 0 Å². The highest BCUT2D eigenvalue weighted by Crippen LogP contribution is 2.06. The zero-order valence-corrected chi connectivity index (χ0v) is 12.3. The van der Waals surface area contributed by atoms with E-state index in [9.17, 15) is 5.11 Å². The van der Waals surface area contributed by atoms with Crippen LogP contribution in [0.2, 0.25) is 0 Å². The molecule has 18 heavy (non-hydrogen) atoms. The summed E-state index contributed by atoms with van der Waals surface area (Å²) in [6.45, 7) is 6.52. The molecule has 0 aliphatic rings. The van der Waals surface area contributed by atoms with E-state index in [1.807, 2.05) is 0 Å². The minimum atomic E-state index is -0.428. The van der Waals surface area contributed by atoms with Gasteiger partial charge < -0.3 is 19.9 Å². The lowest BCUT2D eigenvalue weighted by Gasteiger charge is -2.20. The Morgan fingerprint density at radius 3 is 2.50 bits per heavy atom. The van der Waals surface area contributed by atoms with Crippen LogP contribution >= 0.6 is 0 Å². The summed E-state index contributed by atoms with van der Waals surface area (Å²) in [6, 6.07) is 0.531. The fourth-order valence-corrected chi connectivity index (χ4v) is 1.87. The number of methoxy groups -OCH3 is 1. The summed E-state index contributed by atoms with van der Waals surface area (Å²) in [7, 11) is 1.64. The van der Waals surface area contributed by atoms with Crippen LogP contribution in [0.4, 0.5) is 0 Å². The summed E-state index contributed by atoms with van der Waals surface area (Å²) in [4.78, 5) is 0. The predicted octanol–water partition coefficient (Wildman–Crippen LogP) is 1.96. The topological polar surface area (TPSA) is 50.7 Å². The maximum Gasteiger partial charge on any atom is 0.0897 e. The number of aliphatic hydroxyl groups excluding tert-OH is 1. The van der Waals surface area contributed by atoms with Crippen LogP contribution in [0, 0.1) is 0 Å². The van der Waals surface area contributed by atoms with E-state index < -0.39 is 6.10 Å². The first-order chi connectivity index (χ1) is 8.74. The molecule has 0 bridgehead atoms. The number of ether oxygens (including phenoxy) is 2. The Morgan fingerprint density at radius 2 is 1.89 bits per heavy atom. The van der Waals surface area contributed by atoms with Crippen molar-refractivity contribution in [3.8, 4) is 0 Å². The monoisotopic (exact) mass is 261 g/mol. The van der Waals surface area contributed by atoms with Crippen molar-refractivity contribution in [2.24, 2.45) is 0 Å². The third-order valence-electron chi connectivity index (χ3n) is 2.93. The normalized spacial score (nSPS) is 14.7. The lowest BCUT2D eigenvalue weighted by Crippen LogP contribution is -2.37. The van der Waals surface area contributed by atoms with Crippen molar-refractivity contribution < 1.29 is 14.6 Å². The Balaban J connectivity index is 3.60. The van der Waals surface area contributed by atoms with Gasteiger partial charge in [0.05, 0.1) is 25.9 Å². The van der Waals surface area contributed by atoms with Gasteiger partial charge in [0.25, 0.3) is 0 Å². The van der Waals surface area contributed by atoms with E-state index in [2.05, 4.69) is 19.2 Å². The number of aliphatic hydroxyl groups is 1. The van der Waals surface area contributed by atoms with Gasteiger partial charge in [-0.05, 0) is 12.8 Å². The maximum atomic E-state index is 9.76. The first-order valence-electron chi connectivity index (χ1n) is 7.22. The van der Waals surface area contributed by atoms with E-state index >= 15 is 0 Å². The largest absolute Gasteiger partial charge is 0.389 e. The fourth-order valence-electron chi connectivity index (χ4n) is 1.87. The zero-order valence-electron chi connectivity index (χ0n) is 12.3. The Labute approximate surface area is 112 Å². The van der Waals surface area contributed by atoms with E-state index in [0.717, 1.165) is 0 Å². The maximum absolute atomic E-state index is 9.76. The molecule has 0 aliphatic heterocycles. The van der Waals surface area contributed by atoms with Crippen molar-refractivity contribution in [2.45, 2.75) is 58.1 Å². The Bertz CT molecular complexity index is 167. The van der Waals surface area contributed by atoms with Crippen LogP contribution in [0.25, 0.3) is 0 Å². The average Bonchev–Trinajstić information content (AvgIpc) is 2.38. The van der Waals surface area contributed by atoms with E-state index in [1.165, 1.54) is 32.1 Å². The summed E-state index contributed by atoms with van der Waals surface area (Å²) >= 11 is 0. The van der Waals surface area contributed by atoms with Crippen molar-refractivity contribution in [2.75, 3.05) is 33.5 Å². The van der Waals surface area contributed by atoms with Crippen molar-refractivity contribution in [1.82, 2.24) is 5.32 Å². The van der Waals surface area contributed by atoms with E-state index in [1.54, 1.807) is 7.11 Å². The van der Waals surface area contributed by atoms with Crippen molar-refractivity contribution in [3.63, 3.8) is 0 Å². The fraction of sp³-hybridized carbons (Fsp3) is 1.00. The Morgan fingerprint density at radius 1 is 1.11 bits per heavy atom. The highest BCUT2D eigenvalue weighted by atomic mass is 16.5. The van der Waals surface area contributed by atoms with Crippen molar-refractivity contribution in [1.29, 1.82) is 0 Å². The third-order valence-corrected chi connectivity index (χ3v) is 2.93. The molecule has 4 heteroatoms. The van der Waals surface area contributed by atoms with Gasteiger partial charge in [-0.2, -0.15) is 0 Å².